The molecule has 0 radical (unpaired) electrons. The molecule has 43 heavy (non-hydrogen) atoms. The van der Waals surface area contributed by atoms with E-state index in [0.29, 0.717) is 11.8 Å². The van der Waals surface area contributed by atoms with Crippen molar-refractivity contribution in [2.45, 2.75) is 163 Å². The number of fused-ring (bicyclic) bond motifs is 7. The molecule has 4 aliphatic carbocycles. The van der Waals surface area contributed by atoms with E-state index in [2.05, 4.69) is 104 Å². The van der Waals surface area contributed by atoms with Gasteiger partial charge in [0.2, 0.25) is 0 Å². The second-order valence-electron chi connectivity index (χ2n) is 10.9. The van der Waals surface area contributed by atoms with E-state index in [4.69, 9.17) is 0 Å². The maximum Gasteiger partial charge on any atom is 0.0463 e. The normalized spacial score (nSPS) is 23.8. The zero-order valence-electron chi connectivity index (χ0n) is 30.3. The monoisotopic (exact) mass is 593 g/mol. The summed E-state index contributed by atoms with van der Waals surface area (Å²) in [6.07, 6.45) is 4.97. The summed E-state index contributed by atoms with van der Waals surface area (Å²) < 4.78 is 0. The van der Waals surface area contributed by atoms with Gasteiger partial charge in [0, 0.05) is 5.41 Å². The molecule has 0 heterocycles. The Hall–Kier alpha value is -2.08. The van der Waals surface area contributed by atoms with Gasteiger partial charge in [0.25, 0.3) is 0 Å². The number of allylic oxidation sites excluding steroid dienone is 4. The molecule has 0 aromatic heterocycles. The Bertz CT molecular complexity index is 1080. The van der Waals surface area contributed by atoms with Crippen molar-refractivity contribution in [1.29, 1.82) is 0 Å². The van der Waals surface area contributed by atoms with E-state index in [1.165, 1.54) is 31.2 Å². The molecule has 2 aromatic rings. The van der Waals surface area contributed by atoms with Gasteiger partial charge in [0.05, 0.1) is 0 Å². The van der Waals surface area contributed by atoms with Gasteiger partial charge in [0.15, 0.2) is 0 Å². The molecular formula is C43H76. The molecule has 6 rings (SSSR count). The number of hydrogen-bond donors (Lipinski definition) is 0. The summed E-state index contributed by atoms with van der Waals surface area (Å²) in [4.78, 5) is 0. The van der Waals surface area contributed by atoms with Crippen LogP contribution in [0.4, 0.5) is 0 Å². The average Bonchev–Trinajstić information content (AvgIpc) is 3.69. The first-order chi connectivity index (χ1) is 19.9. The topological polar surface area (TPSA) is 0 Å². The fourth-order valence-corrected chi connectivity index (χ4v) is 7.08. The number of benzene rings is 2. The highest BCUT2D eigenvalue weighted by molar-refractivity contribution is 5.95. The first-order valence-electron chi connectivity index (χ1n) is 17.5. The fourth-order valence-electron chi connectivity index (χ4n) is 7.08. The largest absolute Gasteiger partial charge is 0.0776 e. The Morgan fingerprint density at radius 1 is 0.628 bits per heavy atom. The lowest BCUT2D eigenvalue weighted by Gasteiger charge is -2.37. The van der Waals surface area contributed by atoms with Gasteiger partial charge in [-0.15, -0.1) is 0 Å². The Kier molecular flexibility index (Phi) is 23.7. The average molecular weight is 593 g/mol. The summed E-state index contributed by atoms with van der Waals surface area (Å²) in [5.74, 6) is 2.74. The Labute approximate surface area is 272 Å². The smallest absolute Gasteiger partial charge is 0.0463 e. The minimum atomic E-state index is 0. The van der Waals surface area contributed by atoms with E-state index in [1.54, 1.807) is 39.0 Å². The van der Waals surface area contributed by atoms with Crippen LogP contribution in [-0.4, -0.2) is 0 Å². The fraction of sp³-hybridized carbons (Fsp3) is 0.628. The predicted molar refractivity (Wildman–Crippen MR) is 204 cm³/mol. The molecule has 0 amide bonds. The summed E-state index contributed by atoms with van der Waals surface area (Å²) in [6, 6.07) is 18.6. The molecule has 0 heteroatoms. The van der Waals surface area contributed by atoms with Crippen LogP contribution in [0.1, 0.15) is 179 Å². The van der Waals surface area contributed by atoms with Crippen molar-refractivity contribution in [1.82, 2.24) is 0 Å². The SMILES string of the molecule is C.C.CC.CC.CC.CC.CCC.CCC.C[C@@H]1C2=C(C[C@@H]1C)C1=C(C2)C2(c3ccccc31)c1ccccc1[C@@H](C)[C@H]2C. The van der Waals surface area contributed by atoms with Crippen molar-refractivity contribution < 1.29 is 0 Å². The highest BCUT2D eigenvalue weighted by atomic mass is 14.6. The Morgan fingerprint density at radius 2 is 1.07 bits per heavy atom. The lowest BCUT2D eigenvalue weighted by atomic mass is 9.65. The Balaban J connectivity index is -0.000000879. The van der Waals surface area contributed by atoms with E-state index in [9.17, 15) is 0 Å². The zero-order valence-corrected chi connectivity index (χ0v) is 30.3. The molecule has 0 fully saturated rings. The van der Waals surface area contributed by atoms with E-state index in [1.807, 2.05) is 55.4 Å². The summed E-state index contributed by atoms with van der Waals surface area (Å²) in [5, 5.41) is 0. The minimum absolute atomic E-state index is 0. The second-order valence-corrected chi connectivity index (χ2v) is 10.9. The van der Waals surface area contributed by atoms with Crippen molar-refractivity contribution in [3.63, 3.8) is 0 Å². The lowest BCUT2D eigenvalue weighted by molar-refractivity contribution is 0.385. The van der Waals surface area contributed by atoms with E-state index >= 15 is 0 Å². The number of hydrogen-bond acceptors (Lipinski definition) is 0. The maximum atomic E-state index is 2.51. The second kappa shape index (κ2) is 22.4. The van der Waals surface area contributed by atoms with Gasteiger partial charge < -0.3 is 0 Å². The summed E-state index contributed by atoms with van der Waals surface area (Å²) in [7, 11) is 0. The summed E-state index contributed by atoms with van der Waals surface area (Å²) in [5.41, 5.74) is 13.2. The summed E-state index contributed by atoms with van der Waals surface area (Å²) in [6.45, 7) is 34.4. The molecule has 2 aromatic carbocycles. The van der Waals surface area contributed by atoms with Crippen molar-refractivity contribution in [3.8, 4) is 0 Å². The molecule has 0 saturated heterocycles. The van der Waals surface area contributed by atoms with Gasteiger partial charge in [-0.2, -0.15) is 0 Å². The molecule has 0 nitrogen and oxygen atoms in total. The zero-order chi connectivity index (χ0) is 31.9. The van der Waals surface area contributed by atoms with Crippen LogP contribution in [0.3, 0.4) is 0 Å². The van der Waals surface area contributed by atoms with Crippen molar-refractivity contribution in [3.05, 3.63) is 87.5 Å². The summed E-state index contributed by atoms with van der Waals surface area (Å²) >= 11 is 0. The van der Waals surface area contributed by atoms with Crippen LogP contribution in [0, 0.1) is 17.8 Å². The third-order valence-corrected chi connectivity index (χ3v) is 8.69. The molecule has 0 N–H and O–H groups in total. The maximum absolute atomic E-state index is 2.51. The van der Waals surface area contributed by atoms with Gasteiger partial charge in [-0.25, -0.2) is 0 Å². The van der Waals surface area contributed by atoms with Gasteiger partial charge in [-0.3, -0.25) is 0 Å². The molecule has 4 aliphatic rings. The standard InChI is InChI=1S/C27H28.2C3H8.4C2H6.2CH4/c1-15-13-22-21(16(15)2)14-25-26(22)20-10-6-8-12-24(20)27(25)18(4)17(3)19-9-5-7-11-23(19)27;2*1-3-2;4*1-2;;/h5-12,15-18H,13-14H2,1-4H3;2*3H2,1-2H3;4*1-2H3;2*1H4/t15-,16-,17-,18+,27?;;;;;;;;/m0......../s1. The van der Waals surface area contributed by atoms with Gasteiger partial charge in [-0.05, 0) is 75.5 Å². The van der Waals surface area contributed by atoms with Gasteiger partial charge in [0.1, 0.15) is 0 Å². The van der Waals surface area contributed by atoms with Crippen molar-refractivity contribution in [2.24, 2.45) is 17.8 Å². The van der Waals surface area contributed by atoms with Crippen LogP contribution in [0.5, 0.6) is 0 Å². The van der Waals surface area contributed by atoms with E-state index in [0.717, 1.165) is 11.8 Å². The highest BCUT2D eigenvalue weighted by Gasteiger charge is 2.58. The van der Waals surface area contributed by atoms with Crippen molar-refractivity contribution >= 4 is 5.57 Å². The third-order valence-electron chi connectivity index (χ3n) is 8.69. The van der Waals surface area contributed by atoms with Crippen molar-refractivity contribution in [2.75, 3.05) is 0 Å². The predicted octanol–water partition coefficient (Wildman–Crippen LogP) is 15.1. The number of rotatable bonds is 0. The Morgan fingerprint density at radius 3 is 1.58 bits per heavy atom. The quantitative estimate of drug-likeness (QED) is 0.285. The minimum Gasteiger partial charge on any atom is -0.0776 e. The van der Waals surface area contributed by atoms with Crippen LogP contribution >= 0.6 is 0 Å². The van der Waals surface area contributed by atoms with Gasteiger partial charge >= 0.3 is 0 Å². The van der Waals surface area contributed by atoms with Crippen LogP contribution in [0.25, 0.3) is 5.57 Å². The molecule has 0 bridgehead atoms. The van der Waals surface area contributed by atoms with E-state index in [-0.39, 0.29) is 20.3 Å². The first kappa shape index (κ1) is 45.4. The third kappa shape index (κ3) is 8.15. The first-order valence-corrected chi connectivity index (χ1v) is 17.5. The molecule has 1 spiro atoms. The molecule has 0 aliphatic heterocycles. The lowest BCUT2D eigenvalue weighted by Crippen LogP contribution is -2.33. The van der Waals surface area contributed by atoms with Crippen LogP contribution in [0.15, 0.2) is 65.3 Å². The molecule has 248 valence electrons. The highest BCUT2D eigenvalue weighted by Crippen LogP contribution is 2.68. The molecular weight excluding hydrogens is 516 g/mol. The molecule has 0 saturated carbocycles. The molecule has 5 atom stereocenters. The van der Waals surface area contributed by atoms with Crippen LogP contribution in [0.2, 0.25) is 0 Å². The van der Waals surface area contributed by atoms with E-state index < -0.39 is 0 Å². The van der Waals surface area contributed by atoms with Crippen LogP contribution in [-0.2, 0) is 5.41 Å². The van der Waals surface area contributed by atoms with Gasteiger partial charge in [-0.1, -0.05) is 193 Å². The van der Waals surface area contributed by atoms with Crippen LogP contribution < -0.4 is 0 Å². The molecule has 1 unspecified atom stereocenters.